The second-order valence-electron chi connectivity index (χ2n) is 9.90. The van der Waals surface area contributed by atoms with E-state index in [2.05, 4.69) is 11.1 Å². The molecule has 0 saturated heterocycles. The Labute approximate surface area is 242 Å². The van der Waals surface area contributed by atoms with E-state index in [1.54, 1.807) is 25.5 Å². The van der Waals surface area contributed by atoms with E-state index in [-0.39, 0.29) is 12.2 Å². The number of aryl methyl sites for hydroxylation is 2. The zero-order chi connectivity index (χ0) is 29.1. The summed E-state index contributed by atoms with van der Waals surface area (Å²) in [6.07, 6.45) is 1.84. The Morgan fingerprint density at radius 2 is 1.76 bits per heavy atom. The first-order valence-electron chi connectivity index (χ1n) is 13.4. The Hall–Kier alpha value is -4.43. The fourth-order valence-corrected chi connectivity index (χ4v) is 6.12. The summed E-state index contributed by atoms with van der Waals surface area (Å²) in [6, 6.07) is 20.7. The van der Waals surface area contributed by atoms with Crippen molar-refractivity contribution in [3.8, 4) is 11.5 Å². The molecule has 0 saturated carbocycles. The summed E-state index contributed by atoms with van der Waals surface area (Å²) < 4.78 is 19.2. The van der Waals surface area contributed by atoms with Crippen LogP contribution in [-0.4, -0.2) is 24.3 Å². The van der Waals surface area contributed by atoms with Crippen LogP contribution < -0.4 is 24.4 Å². The number of rotatable bonds is 8. The number of benzene rings is 3. The molecule has 1 aliphatic rings. The quantitative estimate of drug-likeness (QED) is 0.280. The number of nitrogens with zero attached hydrogens (tertiary/aromatic N) is 2. The highest BCUT2D eigenvalue weighted by molar-refractivity contribution is 7.07. The molecule has 1 aliphatic heterocycles. The lowest BCUT2D eigenvalue weighted by Crippen LogP contribution is -2.39. The lowest BCUT2D eigenvalue weighted by atomic mass is 9.96. The molecule has 4 aromatic rings. The van der Waals surface area contributed by atoms with Gasteiger partial charge in [0.05, 0.1) is 35.6 Å². The topological polar surface area (TPSA) is 79.1 Å². The van der Waals surface area contributed by atoms with Crippen LogP contribution in [0.1, 0.15) is 47.7 Å². The van der Waals surface area contributed by atoms with Crippen LogP contribution in [0.25, 0.3) is 6.08 Å². The number of methoxy groups -OCH3 is 1. The normalized spacial score (nSPS) is 14.9. The lowest BCUT2D eigenvalue weighted by Gasteiger charge is -2.24. The smallest absolute Gasteiger partial charge is 0.338 e. The Morgan fingerprint density at radius 3 is 2.44 bits per heavy atom. The van der Waals surface area contributed by atoms with E-state index in [4.69, 9.17) is 14.2 Å². The molecule has 0 bridgehead atoms. The van der Waals surface area contributed by atoms with Gasteiger partial charge in [0.2, 0.25) is 0 Å². The Morgan fingerprint density at radius 1 is 1.02 bits per heavy atom. The molecule has 5 rings (SSSR count). The van der Waals surface area contributed by atoms with Gasteiger partial charge in [0, 0.05) is 5.56 Å². The first-order chi connectivity index (χ1) is 19.8. The summed E-state index contributed by atoms with van der Waals surface area (Å²) in [6.45, 7) is 8.16. The molecule has 0 N–H and O–H groups in total. The molecule has 0 aliphatic carbocycles. The molecule has 8 heteroatoms. The summed E-state index contributed by atoms with van der Waals surface area (Å²) in [5.41, 5.74) is 5.45. The van der Waals surface area contributed by atoms with Crippen molar-refractivity contribution in [2.24, 2.45) is 4.99 Å². The monoisotopic (exact) mass is 568 g/mol. The minimum absolute atomic E-state index is 0.222. The highest BCUT2D eigenvalue weighted by atomic mass is 32.1. The van der Waals surface area contributed by atoms with Crippen LogP contribution in [-0.2, 0) is 16.1 Å². The Kier molecular flexibility index (Phi) is 8.21. The molecule has 1 atom stereocenters. The lowest BCUT2D eigenvalue weighted by molar-refractivity contribution is -0.139. The summed E-state index contributed by atoms with van der Waals surface area (Å²) in [4.78, 5) is 32.1. The van der Waals surface area contributed by atoms with Crippen molar-refractivity contribution in [1.82, 2.24) is 4.57 Å². The number of hydrogen-bond donors (Lipinski definition) is 0. The van der Waals surface area contributed by atoms with Gasteiger partial charge in [-0.3, -0.25) is 9.36 Å². The maximum atomic E-state index is 13.9. The van der Waals surface area contributed by atoms with Crippen molar-refractivity contribution in [3.05, 3.63) is 126 Å². The van der Waals surface area contributed by atoms with Crippen LogP contribution in [0.3, 0.4) is 0 Å². The molecule has 41 heavy (non-hydrogen) atoms. The van der Waals surface area contributed by atoms with Crippen LogP contribution in [0.15, 0.2) is 87.8 Å². The molecule has 210 valence electrons. The van der Waals surface area contributed by atoms with Gasteiger partial charge in [-0.15, -0.1) is 0 Å². The van der Waals surface area contributed by atoms with Crippen molar-refractivity contribution in [1.29, 1.82) is 0 Å². The van der Waals surface area contributed by atoms with E-state index in [0.717, 1.165) is 33.6 Å². The van der Waals surface area contributed by atoms with E-state index in [1.165, 1.54) is 11.3 Å². The summed E-state index contributed by atoms with van der Waals surface area (Å²) in [7, 11) is 1.63. The SMILES string of the molecule is CCOC(=O)C1=C(C)N=c2s/c(=C/c3ccc(OC)c(COc4cc(C)cc(C)c4)c3)c(=O)n2C1c1ccccc1. The molecule has 3 aromatic carbocycles. The van der Waals surface area contributed by atoms with Crippen LogP contribution in [0.2, 0.25) is 0 Å². The summed E-state index contributed by atoms with van der Waals surface area (Å²) in [5, 5.41) is 0. The minimum Gasteiger partial charge on any atom is -0.496 e. The standard InChI is InChI=1S/C33H32N2O5S/c1-6-39-32(37)29-22(4)34-33-35(30(29)24-10-8-7-9-11-24)31(36)28(41-33)18-23-12-13-27(38-5)25(17-23)19-40-26-15-20(2)14-21(3)16-26/h7-18,30H,6,19H2,1-5H3/b28-18+. The molecule has 0 fully saturated rings. The highest BCUT2D eigenvalue weighted by Crippen LogP contribution is 2.30. The zero-order valence-corrected chi connectivity index (χ0v) is 24.6. The van der Waals surface area contributed by atoms with Gasteiger partial charge in [-0.1, -0.05) is 53.8 Å². The number of fused-ring (bicyclic) bond motifs is 1. The average Bonchev–Trinajstić information content (AvgIpc) is 3.25. The predicted molar refractivity (Wildman–Crippen MR) is 160 cm³/mol. The number of carbonyl (C=O) groups is 1. The fourth-order valence-electron chi connectivity index (χ4n) is 5.07. The van der Waals surface area contributed by atoms with Gasteiger partial charge in [0.25, 0.3) is 5.56 Å². The van der Waals surface area contributed by atoms with E-state index in [0.29, 0.717) is 33.0 Å². The van der Waals surface area contributed by atoms with Crippen molar-refractivity contribution in [3.63, 3.8) is 0 Å². The van der Waals surface area contributed by atoms with E-state index in [1.807, 2.05) is 80.6 Å². The third kappa shape index (κ3) is 5.88. The van der Waals surface area contributed by atoms with E-state index >= 15 is 0 Å². The van der Waals surface area contributed by atoms with Gasteiger partial charge in [0.1, 0.15) is 18.1 Å². The number of ether oxygens (including phenoxy) is 3. The van der Waals surface area contributed by atoms with Gasteiger partial charge in [-0.2, -0.15) is 0 Å². The van der Waals surface area contributed by atoms with Crippen molar-refractivity contribution < 1.29 is 19.0 Å². The van der Waals surface area contributed by atoms with Gasteiger partial charge in [-0.25, -0.2) is 9.79 Å². The van der Waals surface area contributed by atoms with Gasteiger partial charge >= 0.3 is 5.97 Å². The molecule has 2 heterocycles. The summed E-state index contributed by atoms with van der Waals surface area (Å²) >= 11 is 1.29. The maximum Gasteiger partial charge on any atom is 0.338 e. The van der Waals surface area contributed by atoms with Gasteiger partial charge in [0.15, 0.2) is 4.80 Å². The largest absolute Gasteiger partial charge is 0.496 e. The zero-order valence-electron chi connectivity index (χ0n) is 23.8. The van der Waals surface area contributed by atoms with E-state index in [9.17, 15) is 9.59 Å². The van der Waals surface area contributed by atoms with Gasteiger partial charge < -0.3 is 14.2 Å². The Balaban J connectivity index is 1.56. The molecule has 1 aromatic heterocycles. The second kappa shape index (κ2) is 12.0. The molecular formula is C33H32N2O5S. The van der Waals surface area contributed by atoms with Crippen LogP contribution in [0.5, 0.6) is 11.5 Å². The van der Waals surface area contributed by atoms with Crippen LogP contribution >= 0.6 is 11.3 Å². The minimum atomic E-state index is -0.633. The van der Waals surface area contributed by atoms with Gasteiger partial charge in [-0.05, 0) is 80.3 Å². The van der Waals surface area contributed by atoms with E-state index < -0.39 is 12.0 Å². The third-order valence-electron chi connectivity index (χ3n) is 6.82. The number of carbonyl (C=O) groups excluding carboxylic acids is 1. The molecule has 1 unspecified atom stereocenters. The number of thiazole rings is 1. The van der Waals surface area contributed by atoms with Crippen molar-refractivity contribution >= 4 is 23.4 Å². The second-order valence-corrected chi connectivity index (χ2v) is 10.9. The predicted octanol–water partition coefficient (Wildman–Crippen LogP) is 5.00. The first kappa shape index (κ1) is 28.1. The number of allylic oxidation sites excluding steroid dienone is 1. The molecule has 7 nitrogen and oxygen atoms in total. The maximum absolute atomic E-state index is 13.9. The van der Waals surface area contributed by atoms with Crippen LogP contribution in [0, 0.1) is 13.8 Å². The summed E-state index contributed by atoms with van der Waals surface area (Å²) in [5.74, 6) is 1.02. The Bertz CT molecular complexity index is 1800. The average molecular weight is 569 g/mol. The molecule has 0 spiro atoms. The van der Waals surface area contributed by atoms with Crippen molar-refractivity contribution in [2.45, 2.75) is 40.3 Å². The highest BCUT2D eigenvalue weighted by Gasteiger charge is 2.33. The fraction of sp³-hybridized carbons (Fsp3) is 0.242. The number of esters is 1. The number of hydrogen-bond acceptors (Lipinski definition) is 7. The van der Waals surface area contributed by atoms with Crippen LogP contribution in [0.4, 0.5) is 0 Å². The first-order valence-corrected chi connectivity index (χ1v) is 14.2. The molecule has 0 amide bonds. The third-order valence-corrected chi connectivity index (χ3v) is 7.81. The van der Waals surface area contributed by atoms with Crippen molar-refractivity contribution in [2.75, 3.05) is 13.7 Å². The molecule has 0 radical (unpaired) electrons. The molecular weight excluding hydrogens is 536 g/mol. The number of aromatic nitrogens is 1.